The summed E-state index contributed by atoms with van der Waals surface area (Å²) in [4.78, 5) is 25.9. The Bertz CT molecular complexity index is 635. The second kappa shape index (κ2) is 5.09. The van der Waals surface area contributed by atoms with Crippen LogP contribution in [-0.2, 0) is 4.79 Å². The number of hydrogen-bond donors (Lipinski definition) is 2. The van der Waals surface area contributed by atoms with E-state index in [1.165, 1.54) is 12.2 Å². The van der Waals surface area contributed by atoms with E-state index in [0.717, 1.165) is 10.9 Å². The van der Waals surface area contributed by atoms with Crippen LogP contribution in [0.3, 0.4) is 0 Å². The molecule has 0 bridgehead atoms. The summed E-state index contributed by atoms with van der Waals surface area (Å²) in [5, 5.41) is 2.96. The van der Waals surface area contributed by atoms with Gasteiger partial charge in [0, 0.05) is 11.5 Å². The molecule has 5 heteroatoms. The molecule has 0 aliphatic rings. The van der Waals surface area contributed by atoms with Gasteiger partial charge < -0.3 is 5.73 Å². The van der Waals surface area contributed by atoms with Crippen LogP contribution in [0.2, 0.25) is 0 Å². The SMILES string of the molecule is NC(=O)NC(=O)C=Cc1ccc2ccccc2n1. The monoisotopic (exact) mass is 241 g/mol. The van der Waals surface area contributed by atoms with Gasteiger partial charge in [-0.1, -0.05) is 24.3 Å². The zero-order chi connectivity index (χ0) is 13.0. The highest BCUT2D eigenvalue weighted by Crippen LogP contribution is 2.12. The molecule has 0 aliphatic heterocycles. The fourth-order valence-electron chi connectivity index (χ4n) is 1.50. The molecule has 1 aromatic heterocycles. The van der Waals surface area contributed by atoms with E-state index in [9.17, 15) is 9.59 Å². The molecule has 0 aliphatic carbocycles. The molecular weight excluding hydrogens is 230 g/mol. The van der Waals surface area contributed by atoms with Crippen molar-refractivity contribution in [2.45, 2.75) is 0 Å². The van der Waals surface area contributed by atoms with Gasteiger partial charge >= 0.3 is 6.03 Å². The van der Waals surface area contributed by atoms with Crippen molar-refractivity contribution in [2.75, 3.05) is 0 Å². The van der Waals surface area contributed by atoms with Crippen LogP contribution >= 0.6 is 0 Å². The van der Waals surface area contributed by atoms with Crippen molar-refractivity contribution in [1.82, 2.24) is 10.3 Å². The lowest BCUT2D eigenvalue weighted by Gasteiger charge is -1.98. The number of imide groups is 1. The van der Waals surface area contributed by atoms with E-state index in [1.54, 1.807) is 6.07 Å². The fourth-order valence-corrected chi connectivity index (χ4v) is 1.50. The van der Waals surface area contributed by atoms with Crippen molar-refractivity contribution < 1.29 is 9.59 Å². The number of fused-ring (bicyclic) bond motifs is 1. The Morgan fingerprint density at radius 1 is 1.17 bits per heavy atom. The summed E-state index contributed by atoms with van der Waals surface area (Å²) >= 11 is 0. The molecule has 0 atom stereocenters. The van der Waals surface area contributed by atoms with Crippen molar-refractivity contribution in [3.63, 3.8) is 0 Å². The van der Waals surface area contributed by atoms with Gasteiger partial charge in [-0.25, -0.2) is 9.78 Å². The molecule has 0 spiro atoms. The van der Waals surface area contributed by atoms with E-state index < -0.39 is 11.9 Å². The molecular formula is C13H11N3O2. The summed E-state index contributed by atoms with van der Waals surface area (Å²) in [7, 11) is 0. The minimum absolute atomic E-state index is 0.572. The van der Waals surface area contributed by atoms with Crippen LogP contribution in [0.15, 0.2) is 42.5 Å². The maximum atomic E-state index is 11.2. The van der Waals surface area contributed by atoms with Crippen LogP contribution < -0.4 is 11.1 Å². The molecule has 1 aromatic carbocycles. The largest absolute Gasteiger partial charge is 0.351 e. The predicted molar refractivity (Wildman–Crippen MR) is 68.5 cm³/mol. The number of urea groups is 1. The zero-order valence-electron chi connectivity index (χ0n) is 9.46. The van der Waals surface area contributed by atoms with Crippen LogP contribution in [0.25, 0.3) is 17.0 Å². The number of para-hydroxylation sites is 1. The maximum Gasteiger partial charge on any atom is 0.319 e. The summed E-state index contributed by atoms with van der Waals surface area (Å²) in [6, 6.07) is 10.5. The second-order valence-electron chi connectivity index (χ2n) is 3.62. The molecule has 2 rings (SSSR count). The predicted octanol–water partition coefficient (Wildman–Crippen LogP) is 1.44. The molecule has 5 nitrogen and oxygen atoms in total. The van der Waals surface area contributed by atoms with Crippen LogP contribution in [0, 0.1) is 0 Å². The molecule has 0 unspecified atom stereocenters. The van der Waals surface area contributed by atoms with Crippen molar-refractivity contribution in [3.05, 3.63) is 48.2 Å². The van der Waals surface area contributed by atoms with Gasteiger partial charge in [0.2, 0.25) is 0 Å². The van der Waals surface area contributed by atoms with Gasteiger partial charge in [-0.05, 0) is 18.2 Å². The first kappa shape index (κ1) is 11.8. The van der Waals surface area contributed by atoms with Crippen molar-refractivity contribution in [2.24, 2.45) is 5.73 Å². The smallest absolute Gasteiger partial charge is 0.319 e. The number of nitrogens with two attached hydrogens (primary N) is 1. The third-order valence-electron chi connectivity index (χ3n) is 2.27. The first-order valence-electron chi connectivity index (χ1n) is 5.29. The number of carbonyl (C=O) groups excluding carboxylic acids is 2. The molecule has 3 amide bonds. The summed E-state index contributed by atoms with van der Waals surface area (Å²) < 4.78 is 0. The number of primary amides is 1. The quantitative estimate of drug-likeness (QED) is 0.780. The average Bonchev–Trinajstić information content (AvgIpc) is 2.35. The van der Waals surface area contributed by atoms with E-state index in [2.05, 4.69) is 4.98 Å². The van der Waals surface area contributed by atoms with Crippen LogP contribution in [-0.4, -0.2) is 16.9 Å². The fraction of sp³-hybridized carbons (Fsp3) is 0. The molecule has 0 saturated heterocycles. The van der Waals surface area contributed by atoms with Crippen LogP contribution in [0.5, 0.6) is 0 Å². The number of rotatable bonds is 2. The highest BCUT2D eigenvalue weighted by atomic mass is 16.2. The lowest BCUT2D eigenvalue weighted by molar-refractivity contribution is -0.115. The van der Waals surface area contributed by atoms with Crippen molar-refractivity contribution in [3.8, 4) is 0 Å². The summed E-state index contributed by atoms with van der Waals surface area (Å²) in [5.41, 5.74) is 6.29. The minimum atomic E-state index is -0.879. The molecule has 90 valence electrons. The van der Waals surface area contributed by atoms with Crippen LogP contribution in [0.1, 0.15) is 5.69 Å². The second-order valence-corrected chi connectivity index (χ2v) is 3.62. The first-order chi connectivity index (χ1) is 8.65. The Labute approximate surface area is 103 Å². The number of pyridine rings is 1. The molecule has 1 heterocycles. The van der Waals surface area contributed by atoms with Gasteiger partial charge in [0.15, 0.2) is 0 Å². The molecule has 0 fully saturated rings. The highest BCUT2D eigenvalue weighted by molar-refractivity contribution is 6.01. The number of aromatic nitrogens is 1. The Balaban J connectivity index is 2.19. The molecule has 18 heavy (non-hydrogen) atoms. The van der Waals surface area contributed by atoms with Crippen molar-refractivity contribution in [1.29, 1.82) is 0 Å². The van der Waals surface area contributed by atoms with E-state index in [0.29, 0.717) is 5.69 Å². The highest BCUT2D eigenvalue weighted by Gasteiger charge is 1.99. The van der Waals surface area contributed by atoms with E-state index in [4.69, 9.17) is 5.73 Å². The molecule has 0 radical (unpaired) electrons. The normalized spacial score (nSPS) is 10.7. The lowest BCUT2D eigenvalue weighted by atomic mass is 10.2. The maximum absolute atomic E-state index is 11.2. The molecule has 0 saturated carbocycles. The van der Waals surface area contributed by atoms with E-state index >= 15 is 0 Å². The topological polar surface area (TPSA) is 85.1 Å². The summed E-state index contributed by atoms with van der Waals surface area (Å²) in [5.74, 6) is -0.572. The number of nitrogens with zero attached hydrogens (tertiary/aromatic N) is 1. The lowest BCUT2D eigenvalue weighted by Crippen LogP contribution is -2.33. The number of hydrogen-bond acceptors (Lipinski definition) is 3. The van der Waals surface area contributed by atoms with Crippen LogP contribution in [0.4, 0.5) is 4.79 Å². The Hall–Kier alpha value is -2.69. The van der Waals surface area contributed by atoms with Gasteiger partial charge in [-0.3, -0.25) is 10.1 Å². The average molecular weight is 241 g/mol. The first-order valence-corrected chi connectivity index (χ1v) is 5.29. The number of nitrogens with one attached hydrogen (secondary N) is 1. The summed E-state index contributed by atoms with van der Waals surface area (Å²) in [6.07, 6.45) is 2.73. The minimum Gasteiger partial charge on any atom is -0.351 e. The van der Waals surface area contributed by atoms with E-state index in [-0.39, 0.29) is 0 Å². The van der Waals surface area contributed by atoms with Gasteiger partial charge in [-0.15, -0.1) is 0 Å². The molecule has 3 N–H and O–H groups in total. The molecule has 2 aromatic rings. The van der Waals surface area contributed by atoms with Gasteiger partial charge in [0.25, 0.3) is 5.91 Å². The standard InChI is InChI=1S/C13H11N3O2/c14-13(18)16-12(17)8-7-10-6-5-9-3-1-2-4-11(9)15-10/h1-8H,(H3,14,16,17,18). The summed E-state index contributed by atoms with van der Waals surface area (Å²) in [6.45, 7) is 0. The third-order valence-corrected chi connectivity index (χ3v) is 2.27. The number of amides is 3. The zero-order valence-corrected chi connectivity index (χ0v) is 9.46. The van der Waals surface area contributed by atoms with Gasteiger partial charge in [0.05, 0.1) is 11.2 Å². The Morgan fingerprint density at radius 2 is 1.94 bits per heavy atom. The van der Waals surface area contributed by atoms with E-state index in [1.807, 2.05) is 35.6 Å². The number of benzene rings is 1. The Morgan fingerprint density at radius 3 is 2.72 bits per heavy atom. The third kappa shape index (κ3) is 2.91. The number of carbonyl (C=O) groups is 2. The van der Waals surface area contributed by atoms with Gasteiger partial charge in [-0.2, -0.15) is 0 Å². The Kier molecular flexibility index (Phi) is 3.33. The van der Waals surface area contributed by atoms with Crippen molar-refractivity contribution >= 4 is 28.9 Å². The van der Waals surface area contributed by atoms with Gasteiger partial charge in [0.1, 0.15) is 0 Å².